The predicted octanol–water partition coefficient (Wildman–Crippen LogP) is 4.13. The van der Waals surface area contributed by atoms with Crippen LogP contribution >= 0.6 is 15.9 Å². The lowest BCUT2D eigenvalue weighted by Crippen LogP contribution is -2.07. The van der Waals surface area contributed by atoms with Gasteiger partial charge in [0.25, 0.3) is 0 Å². The molecule has 0 bridgehead atoms. The summed E-state index contributed by atoms with van der Waals surface area (Å²) in [6.07, 6.45) is -2.40. The van der Waals surface area contributed by atoms with Crippen molar-refractivity contribution in [2.75, 3.05) is 0 Å². The highest BCUT2D eigenvalue weighted by atomic mass is 79.9. The van der Waals surface area contributed by atoms with Gasteiger partial charge in [-0.3, -0.25) is 5.10 Å². The molecule has 0 saturated heterocycles. The number of nitrogens with zero attached hydrogens (tertiary/aromatic N) is 2. The topological polar surface area (TPSA) is 41.6 Å². The number of nitrogens with one attached hydrogen (secondary N) is 1. The van der Waals surface area contributed by atoms with Gasteiger partial charge in [0.2, 0.25) is 0 Å². The normalized spacial score (nSPS) is 15.8. The number of hydrogen-bond donors (Lipinski definition) is 1. The van der Waals surface area contributed by atoms with Crippen LogP contribution in [-0.4, -0.2) is 15.2 Å². The average molecular weight is 332 g/mol. The van der Waals surface area contributed by atoms with Crippen LogP contribution in [0.1, 0.15) is 30.1 Å². The summed E-state index contributed by atoms with van der Waals surface area (Å²) >= 11 is 3.05. The molecule has 3 rings (SSSR count). The lowest BCUT2D eigenvalue weighted by Gasteiger charge is -2.10. The van der Waals surface area contributed by atoms with Crippen molar-refractivity contribution in [2.45, 2.75) is 24.9 Å². The number of alkyl halides is 3. The maximum absolute atomic E-state index is 13.0. The van der Waals surface area contributed by atoms with Crippen molar-refractivity contribution in [1.29, 1.82) is 0 Å². The van der Waals surface area contributed by atoms with E-state index in [1.165, 1.54) is 6.07 Å². The fourth-order valence-electron chi connectivity index (χ4n) is 1.88. The summed E-state index contributed by atoms with van der Waals surface area (Å²) < 4.78 is 39.4. The number of hydrogen-bond acceptors (Lipinski definition) is 2. The third-order valence-corrected chi connectivity index (χ3v) is 3.49. The average Bonchev–Trinajstić information content (AvgIpc) is 3.07. The molecule has 7 heteroatoms. The molecule has 1 aliphatic carbocycles. The molecule has 0 atom stereocenters. The molecule has 1 heterocycles. The summed E-state index contributed by atoms with van der Waals surface area (Å²) in [5, 5.41) is 6.62. The van der Waals surface area contributed by atoms with E-state index in [-0.39, 0.29) is 11.4 Å². The van der Waals surface area contributed by atoms with Crippen LogP contribution in [0.15, 0.2) is 22.7 Å². The van der Waals surface area contributed by atoms with E-state index in [0.717, 1.165) is 18.9 Å². The molecule has 19 heavy (non-hydrogen) atoms. The first kappa shape index (κ1) is 12.7. The van der Waals surface area contributed by atoms with Gasteiger partial charge in [0, 0.05) is 16.0 Å². The standard InChI is InChI=1S/C12H9BrF3N3/c13-7-3-4-8(9(5-7)12(14,15)16)11-17-10(18-19-11)6-1-2-6/h3-6H,1-2H2,(H,17,18,19). The van der Waals surface area contributed by atoms with E-state index >= 15 is 0 Å². The van der Waals surface area contributed by atoms with Crippen molar-refractivity contribution >= 4 is 15.9 Å². The summed E-state index contributed by atoms with van der Waals surface area (Å²) in [5.41, 5.74) is -0.734. The number of rotatable bonds is 2. The molecular formula is C12H9BrF3N3. The first-order chi connectivity index (χ1) is 8.95. The molecular weight excluding hydrogens is 323 g/mol. The van der Waals surface area contributed by atoms with Crippen molar-refractivity contribution in [2.24, 2.45) is 0 Å². The lowest BCUT2D eigenvalue weighted by atomic mass is 10.1. The van der Waals surface area contributed by atoms with Gasteiger partial charge in [0.1, 0.15) is 5.82 Å². The van der Waals surface area contributed by atoms with Crippen LogP contribution in [0, 0.1) is 0 Å². The summed E-state index contributed by atoms with van der Waals surface area (Å²) in [6.45, 7) is 0. The maximum atomic E-state index is 13.0. The van der Waals surface area contributed by atoms with Crippen molar-refractivity contribution in [1.82, 2.24) is 15.2 Å². The van der Waals surface area contributed by atoms with Gasteiger partial charge in [-0.25, -0.2) is 4.98 Å². The number of H-pyrrole nitrogens is 1. The highest BCUT2D eigenvalue weighted by molar-refractivity contribution is 9.10. The number of halogens is 4. The van der Waals surface area contributed by atoms with Gasteiger partial charge in [0.05, 0.1) is 5.56 Å². The van der Waals surface area contributed by atoms with Crippen LogP contribution in [0.2, 0.25) is 0 Å². The fourth-order valence-corrected chi connectivity index (χ4v) is 2.24. The monoisotopic (exact) mass is 331 g/mol. The maximum Gasteiger partial charge on any atom is 0.417 e. The number of benzene rings is 1. The fraction of sp³-hybridized carbons (Fsp3) is 0.333. The molecule has 1 aliphatic rings. The van der Waals surface area contributed by atoms with Gasteiger partial charge >= 0.3 is 6.18 Å². The van der Waals surface area contributed by atoms with Crippen LogP contribution in [0.5, 0.6) is 0 Å². The molecule has 0 unspecified atom stereocenters. The first-order valence-corrected chi connectivity index (χ1v) is 6.54. The minimum Gasteiger partial charge on any atom is -0.262 e. The number of aromatic amines is 1. The summed E-state index contributed by atoms with van der Waals surface area (Å²) in [6, 6.07) is 3.98. The van der Waals surface area contributed by atoms with E-state index in [2.05, 4.69) is 31.1 Å². The third-order valence-electron chi connectivity index (χ3n) is 2.99. The van der Waals surface area contributed by atoms with Gasteiger partial charge in [0.15, 0.2) is 5.82 Å². The van der Waals surface area contributed by atoms with Gasteiger partial charge in [-0.15, -0.1) is 0 Å². The zero-order valence-electron chi connectivity index (χ0n) is 9.63. The molecule has 0 aliphatic heterocycles. The Bertz CT molecular complexity index is 617. The van der Waals surface area contributed by atoms with Crippen molar-refractivity contribution in [3.05, 3.63) is 34.1 Å². The molecule has 1 aromatic heterocycles. The highest BCUT2D eigenvalue weighted by Gasteiger charge is 2.35. The van der Waals surface area contributed by atoms with Crippen molar-refractivity contribution in [3.8, 4) is 11.4 Å². The molecule has 0 amide bonds. The SMILES string of the molecule is FC(F)(F)c1cc(Br)ccc1-c1n[nH]c(C2CC2)n1. The summed E-state index contributed by atoms with van der Waals surface area (Å²) in [5.74, 6) is 1.10. The molecule has 1 N–H and O–H groups in total. The second-order valence-corrected chi connectivity index (χ2v) is 5.42. The molecule has 1 fully saturated rings. The van der Waals surface area contributed by atoms with Gasteiger partial charge in [-0.2, -0.15) is 18.3 Å². The zero-order valence-corrected chi connectivity index (χ0v) is 11.2. The van der Waals surface area contributed by atoms with E-state index in [1.807, 2.05) is 0 Å². The lowest BCUT2D eigenvalue weighted by molar-refractivity contribution is -0.137. The zero-order chi connectivity index (χ0) is 13.6. The second kappa shape index (κ2) is 4.33. The van der Waals surface area contributed by atoms with E-state index < -0.39 is 11.7 Å². The van der Waals surface area contributed by atoms with Crippen LogP contribution in [0.4, 0.5) is 13.2 Å². The van der Waals surface area contributed by atoms with Gasteiger partial charge in [-0.1, -0.05) is 15.9 Å². The summed E-state index contributed by atoms with van der Waals surface area (Å²) in [7, 11) is 0. The molecule has 0 radical (unpaired) electrons. The Morgan fingerprint density at radius 2 is 2.00 bits per heavy atom. The third kappa shape index (κ3) is 2.51. The minimum atomic E-state index is -4.43. The Morgan fingerprint density at radius 1 is 1.26 bits per heavy atom. The van der Waals surface area contributed by atoms with Gasteiger partial charge < -0.3 is 0 Å². The van der Waals surface area contributed by atoms with E-state index in [1.54, 1.807) is 6.07 Å². The van der Waals surface area contributed by atoms with E-state index in [9.17, 15) is 13.2 Å². The Kier molecular flexibility index (Phi) is 2.88. The van der Waals surface area contributed by atoms with Gasteiger partial charge in [-0.05, 0) is 31.0 Å². The van der Waals surface area contributed by atoms with Crippen molar-refractivity contribution < 1.29 is 13.2 Å². The van der Waals surface area contributed by atoms with Crippen molar-refractivity contribution in [3.63, 3.8) is 0 Å². The minimum absolute atomic E-state index is 0.00106. The van der Waals surface area contributed by atoms with Crippen LogP contribution in [0.3, 0.4) is 0 Å². The molecule has 0 spiro atoms. The molecule has 3 nitrogen and oxygen atoms in total. The predicted molar refractivity (Wildman–Crippen MR) is 66.5 cm³/mol. The molecule has 100 valence electrons. The van der Waals surface area contributed by atoms with Crippen LogP contribution in [0.25, 0.3) is 11.4 Å². The largest absolute Gasteiger partial charge is 0.417 e. The Hall–Kier alpha value is -1.37. The molecule has 1 aromatic carbocycles. The smallest absolute Gasteiger partial charge is 0.262 e. The second-order valence-electron chi connectivity index (χ2n) is 4.51. The quantitative estimate of drug-likeness (QED) is 0.898. The van der Waals surface area contributed by atoms with E-state index in [4.69, 9.17) is 0 Å². The molecule has 2 aromatic rings. The Balaban J connectivity index is 2.07. The summed E-state index contributed by atoms with van der Waals surface area (Å²) in [4.78, 5) is 4.16. The number of aromatic nitrogens is 3. The first-order valence-electron chi connectivity index (χ1n) is 5.74. The highest BCUT2D eigenvalue weighted by Crippen LogP contribution is 2.40. The Labute approximate surface area is 115 Å². The van der Waals surface area contributed by atoms with Crippen LogP contribution < -0.4 is 0 Å². The Morgan fingerprint density at radius 3 is 2.63 bits per heavy atom. The van der Waals surface area contributed by atoms with Crippen LogP contribution in [-0.2, 0) is 6.18 Å². The van der Waals surface area contributed by atoms with E-state index in [0.29, 0.717) is 16.2 Å². The molecule has 1 saturated carbocycles.